The molecule has 1 heterocycles. The predicted molar refractivity (Wildman–Crippen MR) is 132 cm³/mol. The fourth-order valence-corrected chi connectivity index (χ4v) is 5.14. The molecule has 0 unspecified atom stereocenters. The van der Waals surface area contributed by atoms with Crippen LogP contribution in [0.4, 0.5) is 8.78 Å². The highest BCUT2D eigenvalue weighted by Crippen LogP contribution is 2.42. The first kappa shape index (κ1) is 24.2. The Hall–Kier alpha value is -1.98. The molecule has 1 atom stereocenters. The summed E-state index contributed by atoms with van der Waals surface area (Å²) >= 11 is 12.3. The fraction of sp³-hybridized carbons (Fsp3) is 0.333. The van der Waals surface area contributed by atoms with Crippen molar-refractivity contribution in [3.05, 3.63) is 105 Å². The van der Waals surface area contributed by atoms with Gasteiger partial charge in [0.05, 0.1) is 6.04 Å². The van der Waals surface area contributed by atoms with Crippen molar-refractivity contribution < 1.29 is 8.78 Å². The van der Waals surface area contributed by atoms with Gasteiger partial charge in [-0.2, -0.15) is 0 Å². The minimum atomic E-state index is -0.523. The third-order valence-electron chi connectivity index (χ3n) is 6.53. The number of rotatable bonds is 9. The van der Waals surface area contributed by atoms with E-state index in [1.807, 2.05) is 24.3 Å². The third-order valence-corrected chi connectivity index (χ3v) is 7.03. The molecule has 4 rings (SSSR count). The quantitative estimate of drug-likeness (QED) is 0.322. The van der Waals surface area contributed by atoms with Crippen molar-refractivity contribution in [1.29, 1.82) is 0 Å². The molecule has 0 radical (unpaired) electrons. The zero-order valence-electron chi connectivity index (χ0n) is 18.4. The van der Waals surface area contributed by atoms with Crippen LogP contribution in [0, 0.1) is 17.6 Å². The number of benzene rings is 3. The van der Waals surface area contributed by atoms with E-state index in [0.29, 0.717) is 22.5 Å². The van der Waals surface area contributed by atoms with Gasteiger partial charge >= 0.3 is 0 Å². The molecule has 2 nitrogen and oxygen atoms in total. The number of hydrogen-bond donors (Lipinski definition) is 1. The molecule has 0 amide bonds. The Morgan fingerprint density at radius 2 is 1.30 bits per heavy atom. The molecule has 6 heteroatoms. The fourth-order valence-electron chi connectivity index (χ4n) is 4.89. The van der Waals surface area contributed by atoms with Crippen LogP contribution in [-0.4, -0.2) is 24.5 Å². The maximum absolute atomic E-state index is 14.0. The van der Waals surface area contributed by atoms with Crippen LogP contribution < -0.4 is 5.73 Å². The molecule has 0 spiro atoms. The summed E-state index contributed by atoms with van der Waals surface area (Å²) in [6.07, 6.45) is 2.71. The lowest BCUT2D eigenvalue weighted by Crippen LogP contribution is -2.51. The van der Waals surface area contributed by atoms with Gasteiger partial charge in [-0.25, -0.2) is 8.78 Å². The molecule has 1 saturated heterocycles. The normalized spacial score (nSPS) is 15.6. The van der Waals surface area contributed by atoms with Gasteiger partial charge in [-0.1, -0.05) is 53.9 Å². The highest BCUT2D eigenvalue weighted by molar-refractivity contribution is 6.30. The molecule has 0 saturated carbocycles. The topological polar surface area (TPSA) is 29.3 Å². The van der Waals surface area contributed by atoms with E-state index in [0.717, 1.165) is 55.1 Å². The second-order valence-corrected chi connectivity index (χ2v) is 9.69. The molecule has 33 heavy (non-hydrogen) atoms. The van der Waals surface area contributed by atoms with Gasteiger partial charge in [0.25, 0.3) is 0 Å². The lowest BCUT2D eigenvalue weighted by molar-refractivity contribution is 0.0489. The molecule has 0 aliphatic carbocycles. The molecular weight excluding hydrogens is 461 g/mol. The summed E-state index contributed by atoms with van der Waals surface area (Å²) in [5.41, 5.74) is 8.73. The maximum atomic E-state index is 14.0. The number of nitrogens with two attached hydrogens (primary N) is 1. The lowest BCUT2D eigenvalue weighted by atomic mass is 9.76. The van der Waals surface area contributed by atoms with E-state index in [9.17, 15) is 8.78 Å². The van der Waals surface area contributed by atoms with Gasteiger partial charge in [0.2, 0.25) is 0 Å². The summed E-state index contributed by atoms with van der Waals surface area (Å²) in [5, 5.41) is 1.39. The number of halogens is 4. The standard InChI is InChI=1S/C27H28Cl2F2N2/c28-22-8-4-18(5-9-22)27(19-6-10-23(29)11-7-19)33-16-21(17-33)26(3-1-2-12-32)20-13-24(30)15-25(31)14-20/h4-11,13-15,21,26-27H,1-3,12,16-17,32H2/t26-/m0/s1. The smallest absolute Gasteiger partial charge is 0.126 e. The Morgan fingerprint density at radius 1 is 0.788 bits per heavy atom. The van der Waals surface area contributed by atoms with Gasteiger partial charge in [-0.15, -0.1) is 0 Å². The summed E-state index contributed by atoms with van der Waals surface area (Å²) in [4.78, 5) is 2.41. The van der Waals surface area contributed by atoms with Gasteiger partial charge in [-0.3, -0.25) is 4.90 Å². The van der Waals surface area contributed by atoms with E-state index >= 15 is 0 Å². The van der Waals surface area contributed by atoms with Crippen molar-refractivity contribution in [2.75, 3.05) is 19.6 Å². The Kier molecular flexibility index (Phi) is 8.02. The number of likely N-dealkylation sites (tertiary alicyclic amines) is 1. The zero-order valence-corrected chi connectivity index (χ0v) is 19.9. The molecule has 174 valence electrons. The van der Waals surface area contributed by atoms with Crippen molar-refractivity contribution in [3.8, 4) is 0 Å². The van der Waals surface area contributed by atoms with Crippen LogP contribution in [0.25, 0.3) is 0 Å². The first-order valence-corrected chi connectivity index (χ1v) is 12.1. The summed E-state index contributed by atoms with van der Waals surface area (Å²) in [5.74, 6) is -0.643. The molecule has 0 bridgehead atoms. The molecule has 1 aliphatic rings. The molecule has 0 aromatic heterocycles. The highest BCUT2D eigenvalue weighted by atomic mass is 35.5. The number of hydrogen-bond acceptors (Lipinski definition) is 2. The van der Waals surface area contributed by atoms with Crippen LogP contribution >= 0.6 is 23.2 Å². The van der Waals surface area contributed by atoms with E-state index in [2.05, 4.69) is 29.2 Å². The lowest BCUT2D eigenvalue weighted by Gasteiger charge is -2.48. The van der Waals surface area contributed by atoms with Gasteiger partial charge in [0.15, 0.2) is 0 Å². The van der Waals surface area contributed by atoms with Crippen molar-refractivity contribution in [1.82, 2.24) is 4.90 Å². The van der Waals surface area contributed by atoms with Crippen LogP contribution in [0.5, 0.6) is 0 Å². The Morgan fingerprint density at radius 3 is 1.79 bits per heavy atom. The minimum Gasteiger partial charge on any atom is -0.330 e. The largest absolute Gasteiger partial charge is 0.330 e. The first-order valence-electron chi connectivity index (χ1n) is 11.4. The van der Waals surface area contributed by atoms with Gasteiger partial charge in [0.1, 0.15) is 11.6 Å². The van der Waals surface area contributed by atoms with Crippen LogP contribution in [0.1, 0.15) is 47.9 Å². The molecule has 1 fully saturated rings. The van der Waals surface area contributed by atoms with E-state index in [1.54, 1.807) is 0 Å². The molecule has 3 aromatic rings. The third kappa shape index (κ3) is 5.93. The van der Waals surface area contributed by atoms with Crippen molar-refractivity contribution in [2.45, 2.75) is 31.2 Å². The average molecular weight is 489 g/mol. The molecular formula is C27H28Cl2F2N2. The Labute approximate surface area is 204 Å². The van der Waals surface area contributed by atoms with Crippen molar-refractivity contribution >= 4 is 23.2 Å². The van der Waals surface area contributed by atoms with Crippen LogP contribution in [0.15, 0.2) is 66.7 Å². The summed E-state index contributed by atoms with van der Waals surface area (Å²) < 4.78 is 28.0. The SMILES string of the molecule is NCCCC[C@@H](c1cc(F)cc(F)c1)C1CN(C(c2ccc(Cl)cc2)c2ccc(Cl)cc2)C1. The second-order valence-electron chi connectivity index (χ2n) is 8.81. The van der Waals surface area contributed by atoms with E-state index in [4.69, 9.17) is 28.9 Å². The van der Waals surface area contributed by atoms with Crippen LogP contribution in [0.2, 0.25) is 10.0 Å². The van der Waals surface area contributed by atoms with Crippen LogP contribution in [-0.2, 0) is 0 Å². The Bertz CT molecular complexity index is 985. The van der Waals surface area contributed by atoms with E-state index in [1.165, 1.54) is 12.1 Å². The van der Waals surface area contributed by atoms with Crippen molar-refractivity contribution in [2.24, 2.45) is 11.7 Å². The number of nitrogens with zero attached hydrogens (tertiary/aromatic N) is 1. The highest BCUT2D eigenvalue weighted by Gasteiger charge is 2.38. The monoisotopic (exact) mass is 488 g/mol. The van der Waals surface area contributed by atoms with Crippen molar-refractivity contribution in [3.63, 3.8) is 0 Å². The van der Waals surface area contributed by atoms with Gasteiger partial charge in [0, 0.05) is 29.2 Å². The molecule has 1 aliphatic heterocycles. The number of unbranched alkanes of at least 4 members (excludes halogenated alkanes) is 1. The Balaban J connectivity index is 1.57. The summed E-state index contributed by atoms with van der Waals surface area (Å²) in [6.45, 7) is 2.29. The molecule has 3 aromatic carbocycles. The predicted octanol–water partition coefficient (Wildman–Crippen LogP) is 7.21. The summed E-state index contributed by atoms with van der Waals surface area (Å²) in [6, 6.07) is 19.8. The van der Waals surface area contributed by atoms with Crippen LogP contribution in [0.3, 0.4) is 0 Å². The van der Waals surface area contributed by atoms with E-state index in [-0.39, 0.29) is 12.0 Å². The second kappa shape index (κ2) is 11.0. The van der Waals surface area contributed by atoms with E-state index < -0.39 is 11.6 Å². The minimum absolute atomic E-state index is 0.0599. The van der Waals surface area contributed by atoms with Gasteiger partial charge in [-0.05, 0) is 84.3 Å². The zero-order chi connectivity index (χ0) is 23.4. The first-order chi connectivity index (χ1) is 15.9. The maximum Gasteiger partial charge on any atom is 0.126 e. The molecule has 2 N–H and O–H groups in total. The average Bonchev–Trinajstić information content (AvgIpc) is 2.75. The summed E-state index contributed by atoms with van der Waals surface area (Å²) in [7, 11) is 0. The van der Waals surface area contributed by atoms with Gasteiger partial charge < -0.3 is 5.73 Å².